The SMILES string of the molecule is CC/C=C\C/C=C\C/C=C\C/C=C\C/C=C\CC(=O)NC(COP(=O)([O-])OCC[N+](C)(C)C)C(O)C(O)CCC/C=C/CC/C=C/CCCCC. The fourth-order valence-electron chi connectivity index (χ4n) is 4.63. The van der Waals surface area contributed by atoms with Crippen molar-refractivity contribution in [1.82, 2.24) is 5.32 Å². The number of aliphatic hydroxyl groups excluding tert-OH is 2. The molecule has 292 valence electrons. The number of allylic oxidation sites excluding steroid dienone is 13. The van der Waals surface area contributed by atoms with Crippen LogP contribution in [0.5, 0.6) is 0 Å². The topological polar surface area (TPSA) is 128 Å². The van der Waals surface area contributed by atoms with Gasteiger partial charge < -0.3 is 34.0 Å². The van der Waals surface area contributed by atoms with E-state index in [1.165, 1.54) is 19.3 Å². The molecule has 0 saturated carbocycles. The van der Waals surface area contributed by atoms with Crippen LogP contribution in [0.25, 0.3) is 0 Å². The summed E-state index contributed by atoms with van der Waals surface area (Å²) in [4.78, 5) is 25.2. The Bertz CT molecular complexity index is 1120. The molecule has 0 heterocycles. The van der Waals surface area contributed by atoms with E-state index in [1.54, 1.807) is 6.08 Å². The maximum Gasteiger partial charge on any atom is 0.268 e. The van der Waals surface area contributed by atoms with Crippen LogP contribution in [0.4, 0.5) is 0 Å². The van der Waals surface area contributed by atoms with Crippen LogP contribution in [-0.4, -0.2) is 79.8 Å². The third kappa shape index (κ3) is 33.2. The van der Waals surface area contributed by atoms with E-state index in [4.69, 9.17) is 9.05 Å². The molecule has 51 heavy (non-hydrogen) atoms. The molecular formula is C41H71N2O7P. The van der Waals surface area contributed by atoms with Gasteiger partial charge in [0.05, 0.1) is 39.9 Å². The van der Waals surface area contributed by atoms with Crippen molar-refractivity contribution in [1.29, 1.82) is 0 Å². The van der Waals surface area contributed by atoms with Crippen LogP contribution >= 0.6 is 7.82 Å². The Morgan fingerprint density at radius 1 is 0.725 bits per heavy atom. The van der Waals surface area contributed by atoms with Crippen molar-refractivity contribution in [2.24, 2.45) is 0 Å². The van der Waals surface area contributed by atoms with Gasteiger partial charge in [-0.3, -0.25) is 9.36 Å². The van der Waals surface area contributed by atoms with E-state index in [2.05, 4.69) is 86.0 Å². The first-order valence-electron chi connectivity index (χ1n) is 19.0. The van der Waals surface area contributed by atoms with E-state index in [-0.39, 0.29) is 19.4 Å². The highest BCUT2D eigenvalue weighted by atomic mass is 31.2. The molecule has 0 aromatic rings. The molecule has 0 aromatic carbocycles. The molecule has 0 aliphatic carbocycles. The van der Waals surface area contributed by atoms with E-state index in [1.807, 2.05) is 33.3 Å². The number of unbranched alkanes of at least 4 members (excludes halogenated alkanes) is 5. The largest absolute Gasteiger partial charge is 0.756 e. The number of aliphatic hydroxyl groups is 2. The summed E-state index contributed by atoms with van der Waals surface area (Å²) < 4.78 is 22.9. The second kappa shape index (κ2) is 32.3. The number of likely N-dealkylation sites (N-methyl/N-ethyl adjacent to an activating group) is 1. The van der Waals surface area contributed by atoms with Crippen LogP contribution in [-0.2, 0) is 18.4 Å². The summed E-state index contributed by atoms with van der Waals surface area (Å²) in [7, 11) is 1.02. The number of hydrogen-bond donors (Lipinski definition) is 3. The van der Waals surface area contributed by atoms with E-state index in [0.717, 1.165) is 51.4 Å². The Morgan fingerprint density at radius 3 is 1.76 bits per heavy atom. The number of amides is 1. The lowest BCUT2D eigenvalue weighted by Gasteiger charge is -2.31. The first-order chi connectivity index (χ1) is 24.4. The minimum atomic E-state index is -4.70. The highest BCUT2D eigenvalue weighted by molar-refractivity contribution is 7.45. The lowest BCUT2D eigenvalue weighted by molar-refractivity contribution is -0.870. The Morgan fingerprint density at radius 2 is 1.24 bits per heavy atom. The van der Waals surface area contributed by atoms with Crippen molar-refractivity contribution in [3.05, 3.63) is 85.1 Å². The summed E-state index contributed by atoms with van der Waals surface area (Å²) in [5.41, 5.74) is 0. The lowest BCUT2D eigenvalue weighted by Crippen LogP contribution is -2.51. The molecule has 0 aliphatic heterocycles. The van der Waals surface area contributed by atoms with Crippen LogP contribution in [0.3, 0.4) is 0 Å². The van der Waals surface area contributed by atoms with Gasteiger partial charge in [0, 0.05) is 6.42 Å². The maximum absolute atomic E-state index is 12.8. The molecule has 0 radical (unpaired) electrons. The Balaban J connectivity index is 4.88. The van der Waals surface area contributed by atoms with Crippen LogP contribution in [0.15, 0.2) is 85.1 Å². The normalized spacial score (nSPS) is 16.2. The Labute approximate surface area is 310 Å². The molecule has 4 atom stereocenters. The maximum atomic E-state index is 12.8. The average Bonchev–Trinajstić information content (AvgIpc) is 3.07. The van der Waals surface area contributed by atoms with Crippen molar-refractivity contribution < 1.29 is 38.0 Å². The van der Waals surface area contributed by atoms with Crippen molar-refractivity contribution in [3.63, 3.8) is 0 Å². The predicted octanol–water partition coefficient (Wildman–Crippen LogP) is 8.19. The molecule has 0 spiro atoms. The summed E-state index contributed by atoms with van der Waals surface area (Å²) >= 11 is 0. The first kappa shape index (κ1) is 48.6. The van der Waals surface area contributed by atoms with Crippen molar-refractivity contribution in [2.45, 2.75) is 128 Å². The van der Waals surface area contributed by atoms with Crippen molar-refractivity contribution >= 4 is 13.7 Å². The average molecular weight is 735 g/mol. The highest BCUT2D eigenvalue weighted by Crippen LogP contribution is 2.38. The second-order valence-electron chi connectivity index (χ2n) is 13.7. The smallest absolute Gasteiger partial charge is 0.268 e. The quantitative estimate of drug-likeness (QED) is 0.0275. The zero-order valence-corrected chi connectivity index (χ0v) is 33.3. The number of carbonyl (C=O) groups is 1. The molecular weight excluding hydrogens is 663 g/mol. The second-order valence-corrected chi connectivity index (χ2v) is 15.1. The Kier molecular flexibility index (Phi) is 30.8. The minimum absolute atomic E-state index is 0.0284. The van der Waals surface area contributed by atoms with Crippen LogP contribution in [0.1, 0.15) is 110 Å². The molecule has 3 N–H and O–H groups in total. The number of rotatable bonds is 32. The number of phosphoric ester groups is 1. The number of nitrogens with one attached hydrogen (secondary N) is 1. The fraction of sp³-hybridized carbons (Fsp3) is 0.634. The predicted molar refractivity (Wildman–Crippen MR) is 211 cm³/mol. The zero-order chi connectivity index (χ0) is 38.1. The zero-order valence-electron chi connectivity index (χ0n) is 32.4. The third-order valence-electron chi connectivity index (χ3n) is 7.72. The molecule has 0 saturated heterocycles. The van der Waals surface area contributed by atoms with Gasteiger partial charge in [-0.1, -0.05) is 112 Å². The molecule has 0 rings (SSSR count). The summed E-state index contributed by atoms with van der Waals surface area (Å²) in [6.45, 7) is 4.13. The lowest BCUT2D eigenvalue weighted by atomic mass is 10.0. The van der Waals surface area contributed by atoms with Gasteiger partial charge in [0.25, 0.3) is 7.82 Å². The van der Waals surface area contributed by atoms with Crippen LogP contribution in [0.2, 0.25) is 0 Å². The summed E-state index contributed by atoms with van der Waals surface area (Å²) in [5, 5.41) is 24.3. The van der Waals surface area contributed by atoms with E-state index in [0.29, 0.717) is 23.9 Å². The summed E-state index contributed by atoms with van der Waals surface area (Å²) in [6.07, 6.45) is 39.5. The van der Waals surface area contributed by atoms with Crippen LogP contribution < -0.4 is 10.2 Å². The Hall–Kier alpha value is -2.36. The molecule has 9 nitrogen and oxygen atoms in total. The molecule has 0 aliphatic rings. The summed E-state index contributed by atoms with van der Waals surface area (Å²) in [5.74, 6) is -0.426. The highest BCUT2D eigenvalue weighted by Gasteiger charge is 2.29. The molecule has 0 bridgehead atoms. The van der Waals surface area contributed by atoms with Gasteiger partial charge >= 0.3 is 0 Å². The van der Waals surface area contributed by atoms with Gasteiger partial charge in [0.1, 0.15) is 19.3 Å². The van der Waals surface area contributed by atoms with E-state index < -0.39 is 38.6 Å². The molecule has 1 amide bonds. The molecule has 10 heteroatoms. The van der Waals surface area contributed by atoms with Gasteiger partial charge in [-0.15, -0.1) is 0 Å². The summed E-state index contributed by atoms with van der Waals surface area (Å²) in [6, 6.07) is -1.15. The van der Waals surface area contributed by atoms with Gasteiger partial charge in [0.15, 0.2) is 0 Å². The number of hydrogen-bond acceptors (Lipinski definition) is 7. The van der Waals surface area contributed by atoms with Gasteiger partial charge in [-0.2, -0.15) is 0 Å². The van der Waals surface area contributed by atoms with Gasteiger partial charge in [-0.25, -0.2) is 0 Å². The van der Waals surface area contributed by atoms with Gasteiger partial charge in [-0.05, 0) is 77.0 Å². The monoisotopic (exact) mass is 734 g/mol. The molecule has 4 unspecified atom stereocenters. The third-order valence-corrected chi connectivity index (χ3v) is 8.68. The first-order valence-corrected chi connectivity index (χ1v) is 20.5. The number of carbonyl (C=O) groups excluding carboxylic acids is 1. The van der Waals surface area contributed by atoms with E-state index in [9.17, 15) is 24.5 Å². The van der Waals surface area contributed by atoms with Crippen molar-refractivity contribution in [3.8, 4) is 0 Å². The van der Waals surface area contributed by atoms with Crippen LogP contribution in [0, 0.1) is 0 Å². The minimum Gasteiger partial charge on any atom is -0.756 e. The number of quaternary nitrogens is 1. The fourth-order valence-corrected chi connectivity index (χ4v) is 5.35. The molecule has 0 fully saturated rings. The van der Waals surface area contributed by atoms with E-state index >= 15 is 0 Å². The van der Waals surface area contributed by atoms with Crippen molar-refractivity contribution in [2.75, 3.05) is 40.9 Å². The number of phosphoric acid groups is 1. The standard InChI is InChI=1S/C41H71N2O7P/c1-6-8-10-12-14-16-18-20-21-22-24-26-28-30-32-34-40(45)42-38(37-50-51(47,48)49-36-35-43(3,4)5)41(46)39(44)33-31-29-27-25-23-19-17-15-13-11-9-7-2/h8,10,14-17,20-21,24-27,30,32,38-39,41,44,46H,6-7,9,11-13,18-19,22-23,28-29,31,33-37H2,1-5H3,(H-,42,45,47,48)/b10-8-,16-14-,17-15+,21-20-,26-24-,27-25+,32-30-. The number of nitrogens with zero attached hydrogens (tertiary/aromatic N) is 1. The van der Waals surface area contributed by atoms with Gasteiger partial charge in [0.2, 0.25) is 5.91 Å². The molecule has 0 aromatic heterocycles.